The fourth-order valence-corrected chi connectivity index (χ4v) is 2.53. The molecule has 5 nitrogen and oxygen atoms in total. The van der Waals surface area contributed by atoms with Gasteiger partial charge in [-0.05, 0) is 18.1 Å². The number of hydrogen-bond acceptors (Lipinski definition) is 5. The van der Waals surface area contributed by atoms with Crippen LogP contribution in [0.3, 0.4) is 0 Å². The monoisotopic (exact) mass is 294 g/mol. The minimum atomic E-state index is 0.160. The van der Waals surface area contributed by atoms with Crippen molar-refractivity contribution in [3.05, 3.63) is 29.8 Å². The number of hydrogen-bond donors (Lipinski definition) is 1. The second-order valence-corrected chi connectivity index (χ2v) is 5.16. The first-order valence-electron chi connectivity index (χ1n) is 7.57. The molecule has 0 aromatic heterocycles. The second kappa shape index (κ2) is 9.00. The van der Waals surface area contributed by atoms with Gasteiger partial charge in [0.25, 0.3) is 0 Å². The van der Waals surface area contributed by atoms with Gasteiger partial charge in [0.15, 0.2) is 0 Å². The van der Waals surface area contributed by atoms with Crippen LogP contribution < -0.4 is 10.6 Å². The van der Waals surface area contributed by atoms with Gasteiger partial charge in [-0.1, -0.05) is 18.2 Å². The molecular weight excluding hydrogens is 268 g/mol. The van der Waals surface area contributed by atoms with Crippen LogP contribution in [0.25, 0.3) is 0 Å². The van der Waals surface area contributed by atoms with E-state index in [0.29, 0.717) is 33.0 Å². The molecule has 0 fully saturated rings. The predicted molar refractivity (Wildman–Crippen MR) is 83.7 cm³/mol. The molecule has 2 N–H and O–H groups in total. The van der Waals surface area contributed by atoms with E-state index in [1.54, 1.807) is 7.11 Å². The van der Waals surface area contributed by atoms with E-state index in [1.165, 1.54) is 11.3 Å². The van der Waals surface area contributed by atoms with Crippen molar-refractivity contribution in [3.63, 3.8) is 0 Å². The van der Waals surface area contributed by atoms with Crippen LogP contribution in [0, 0.1) is 0 Å². The molecule has 1 aromatic rings. The number of rotatable bonds is 9. The van der Waals surface area contributed by atoms with Gasteiger partial charge < -0.3 is 24.8 Å². The zero-order valence-corrected chi connectivity index (χ0v) is 12.8. The molecule has 1 aromatic carbocycles. The topological polar surface area (TPSA) is 57.0 Å². The number of fused-ring (bicyclic) bond motifs is 1. The van der Waals surface area contributed by atoms with Gasteiger partial charge in [0, 0.05) is 31.9 Å². The Morgan fingerprint density at radius 2 is 1.81 bits per heavy atom. The molecule has 2 rings (SSSR count). The SMILES string of the molecule is COCCOCCOCCN1CCC(N)c2ccccc21. The summed E-state index contributed by atoms with van der Waals surface area (Å²) in [5.74, 6) is 0. The third-order valence-corrected chi connectivity index (χ3v) is 3.70. The molecule has 118 valence electrons. The van der Waals surface area contributed by atoms with Gasteiger partial charge in [0.1, 0.15) is 0 Å². The summed E-state index contributed by atoms with van der Waals surface area (Å²) in [6, 6.07) is 8.54. The summed E-state index contributed by atoms with van der Waals surface area (Å²) in [6.07, 6.45) is 0.997. The molecule has 1 heterocycles. The molecule has 1 unspecified atom stereocenters. The van der Waals surface area contributed by atoms with Crippen LogP contribution in [0.1, 0.15) is 18.0 Å². The van der Waals surface area contributed by atoms with Crippen LogP contribution in [0.15, 0.2) is 24.3 Å². The molecule has 0 saturated carbocycles. The molecule has 21 heavy (non-hydrogen) atoms. The Morgan fingerprint density at radius 1 is 1.10 bits per heavy atom. The van der Waals surface area contributed by atoms with Crippen LogP contribution in [-0.4, -0.2) is 53.2 Å². The second-order valence-electron chi connectivity index (χ2n) is 5.16. The summed E-state index contributed by atoms with van der Waals surface area (Å²) in [5, 5.41) is 0. The van der Waals surface area contributed by atoms with Crippen LogP contribution in [0.5, 0.6) is 0 Å². The molecule has 1 aliphatic heterocycles. The smallest absolute Gasteiger partial charge is 0.0701 e. The van der Waals surface area contributed by atoms with Gasteiger partial charge in [-0.2, -0.15) is 0 Å². The Labute approximate surface area is 127 Å². The lowest BCUT2D eigenvalue weighted by atomic mass is 9.97. The molecule has 1 aliphatic rings. The zero-order chi connectivity index (χ0) is 14.9. The molecule has 0 aliphatic carbocycles. The van der Waals surface area contributed by atoms with Gasteiger partial charge in [-0.25, -0.2) is 0 Å². The Kier molecular flexibility index (Phi) is 6.95. The van der Waals surface area contributed by atoms with Gasteiger partial charge in [-0.15, -0.1) is 0 Å². The van der Waals surface area contributed by atoms with Gasteiger partial charge in [-0.3, -0.25) is 0 Å². The van der Waals surface area contributed by atoms with E-state index >= 15 is 0 Å². The van der Waals surface area contributed by atoms with Crippen molar-refractivity contribution >= 4 is 5.69 Å². The third-order valence-electron chi connectivity index (χ3n) is 3.70. The number of para-hydroxylation sites is 1. The first kappa shape index (κ1) is 16.2. The first-order valence-corrected chi connectivity index (χ1v) is 7.57. The molecule has 0 saturated heterocycles. The van der Waals surface area contributed by atoms with Crippen LogP contribution >= 0.6 is 0 Å². The molecule has 1 atom stereocenters. The number of methoxy groups -OCH3 is 1. The highest BCUT2D eigenvalue weighted by atomic mass is 16.5. The predicted octanol–water partition coefficient (Wildman–Crippen LogP) is 1.58. The summed E-state index contributed by atoms with van der Waals surface area (Å²) >= 11 is 0. The largest absolute Gasteiger partial charge is 0.382 e. The van der Waals surface area contributed by atoms with Crippen LogP contribution in [0.4, 0.5) is 5.69 Å². The van der Waals surface area contributed by atoms with Gasteiger partial charge >= 0.3 is 0 Å². The van der Waals surface area contributed by atoms with E-state index < -0.39 is 0 Å². The maximum atomic E-state index is 6.16. The lowest BCUT2D eigenvalue weighted by Gasteiger charge is -2.34. The quantitative estimate of drug-likeness (QED) is 0.701. The molecule has 0 radical (unpaired) electrons. The molecule has 0 bridgehead atoms. The number of nitrogens with two attached hydrogens (primary N) is 1. The van der Waals surface area contributed by atoms with Crippen molar-refractivity contribution < 1.29 is 14.2 Å². The molecule has 5 heteroatoms. The summed E-state index contributed by atoms with van der Waals surface area (Å²) in [5.41, 5.74) is 8.65. The Hall–Kier alpha value is -1.14. The zero-order valence-electron chi connectivity index (χ0n) is 12.8. The Bertz CT molecular complexity index is 414. The number of anilines is 1. The lowest BCUT2D eigenvalue weighted by Crippen LogP contribution is -2.36. The van der Waals surface area contributed by atoms with Crippen molar-refractivity contribution in [2.75, 3.05) is 58.1 Å². The van der Waals surface area contributed by atoms with E-state index in [0.717, 1.165) is 19.5 Å². The summed E-state index contributed by atoms with van der Waals surface area (Å²) < 4.78 is 15.9. The standard InChI is InChI=1S/C16H26N2O3/c1-19-10-11-21-13-12-20-9-8-18-7-6-15(17)14-4-2-3-5-16(14)18/h2-5,15H,6-13,17H2,1H3. The fourth-order valence-electron chi connectivity index (χ4n) is 2.53. The average molecular weight is 294 g/mol. The van der Waals surface area contributed by atoms with E-state index in [4.69, 9.17) is 19.9 Å². The maximum Gasteiger partial charge on any atom is 0.0701 e. The average Bonchev–Trinajstić information content (AvgIpc) is 2.52. The Morgan fingerprint density at radius 3 is 2.62 bits per heavy atom. The highest BCUT2D eigenvalue weighted by Gasteiger charge is 2.21. The fraction of sp³-hybridized carbons (Fsp3) is 0.625. The van der Waals surface area contributed by atoms with Gasteiger partial charge in [0.05, 0.1) is 33.0 Å². The summed E-state index contributed by atoms with van der Waals surface area (Å²) in [6.45, 7) is 5.08. The van der Waals surface area contributed by atoms with Crippen molar-refractivity contribution in [3.8, 4) is 0 Å². The maximum absolute atomic E-state index is 6.16. The number of nitrogens with zero attached hydrogens (tertiary/aromatic N) is 1. The third kappa shape index (κ3) is 4.97. The highest BCUT2D eigenvalue weighted by Crippen LogP contribution is 2.31. The first-order chi connectivity index (χ1) is 10.3. The summed E-state index contributed by atoms with van der Waals surface area (Å²) in [4.78, 5) is 2.35. The van der Waals surface area contributed by atoms with Crippen molar-refractivity contribution in [1.29, 1.82) is 0 Å². The lowest BCUT2D eigenvalue weighted by molar-refractivity contribution is 0.0264. The van der Waals surface area contributed by atoms with E-state index in [2.05, 4.69) is 29.2 Å². The van der Waals surface area contributed by atoms with Crippen molar-refractivity contribution in [2.45, 2.75) is 12.5 Å². The normalized spacial score (nSPS) is 17.8. The number of benzene rings is 1. The molecule has 0 spiro atoms. The molecule has 0 amide bonds. The van der Waals surface area contributed by atoms with Crippen LogP contribution in [-0.2, 0) is 14.2 Å². The van der Waals surface area contributed by atoms with E-state index in [1.807, 2.05) is 0 Å². The minimum Gasteiger partial charge on any atom is -0.382 e. The minimum absolute atomic E-state index is 0.160. The molecular formula is C16H26N2O3. The van der Waals surface area contributed by atoms with E-state index in [-0.39, 0.29) is 6.04 Å². The van der Waals surface area contributed by atoms with Crippen molar-refractivity contribution in [1.82, 2.24) is 0 Å². The Balaban J connectivity index is 1.66. The summed E-state index contributed by atoms with van der Waals surface area (Å²) in [7, 11) is 1.67. The number of ether oxygens (including phenoxy) is 3. The van der Waals surface area contributed by atoms with Gasteiger partial charge in [0.2, 0.25) is 0 Å². The van der Waals surface area contributed by atoms with E-state index in [9.17, 15) is 0 Å². The van der Waals surface area contributed by atoms with Crippen molar-refractivity contribution in [2.24, 2.45) is 5.73 Å². The van der Waals surface area contributed by atoms with Crippen LogP contribution in [0.2, 0.25) is 0 Å². The highest BCUT2D eigenvalue weighted by molar-refractivity contribution is 5.56.